The molecule has 1 aliphatic rings. The Balaban J connectivity index is 1.29. The van der Waals surface area contributed by atoms with E-state index in [1.165, 1.54) is 23.7 Å². The number of aromatic nitrogens is 1. The van der Waals surface area contributed by atoms with Gasteiger partial charge in [0.05, 0.1) is 30.9 Å². The number of hydrogen-bond acceptors (Lipinski definition) is 10. The molecule has 1 fully saturated rings. The zero-order valence-electron chi connectivity index (χ0n) is 28.0. The minimum absolute atomic E-state index is 0.0463. The molecule has 12 heteroatoms. The van der Waals surface area contributed by atoms with Gasteiger partial charge in [-0.25, -0.2) is 9.59 Å². The van der Waals surface area contributed by atoms with Crippen LogP contribution in [0.3, 0.4) is 0 Å². The number of rotatable bonds is 14. The third kappa shape index (κ3) is 9.52. The van der Waals surface area contributed by atoms with Crippen molar-refractivity contribution in [3.05, 3.63) is 110 Å². The highest BCUT2D eigenvalue weighted by Crippen LogP contribution is 2.36. The maximum absolute atomic E-state index is 13.6. The number of carbonyl (C=O) groups is 2. The number of methoxy groups -OCH3 is 2. The van der Waals surface area contributed by atoms with E-state index >= 15 is 0 Å². The molecule has 2 aromatic carbocycles. The second-order valence-electron chi connectivity index (χ2n) is 12.5. The second-order valence-corrected chi connectivity index (χ2v) is 14.5. The molecular weight excluding hydrogens is 685 g/mol. The lowest BCUT2D eigenvalue weighted by Crippen LogP contribution is -2.40. The summed E-state index contributed by atoms with van der Waals surface area (Å²) in [5.41, 5.74) is 2.04. The van der Waals surface area contributed by atoms with Crippen LogP contribution in [-0.4, -0.2) is 62.8 Å². The first-order chi connectivity index (χ1) is 23.6. The number of ether oxygens (including phenoxy) is 4. The standard InChI is InChI=1S/C37H41Cl2N3O6S/c1-37(14-16-42(2)17-15-37)23-47-36(44)34(24-8-6-5-7-9-24)41-20-26-11-13-33(49-26)35(43)48-31(19-27-28(38)21-40-22-29(27)39)25-10-12-30(45-3)32(18-25)46-4/h5-13,18,21-22,31,34,41H,14-17,19-20,23H2,1-4H3/t31-,34?/m0/s1. The number of hydrogen-bond donors (Lipinski definition) is 1. The van der Waals surface area contributed by atoms with Crippen molar-refractivity contribution in [2.24, 2.45) is 5.41 Å². The van der Waals surface area contributed by atoms with E-state index in [2.05, 4.69) is 29.2 Å². The Bertz CT molecular complexity index is 1710. The summed E-state index contributed by atoms with van der Waals surface area (Å²) in [6, 6.07) is 17.7. The molecular formula is C37H41Cl2N3O6S. The third-order valence-electron chi connectivity index (χ3n) is 8.84. The van der Waals surface area contributed by atoms with Crippen molar-refractivity contribution in [3.63, 3.8) is 0 Å². The van der Waals surface area contributed by atoms with Crippen molar-refractivity contribution in [2.75, 3.05) is 41.0 Å². The van der Waals surface area contributed by atoms with Gasteiger partial charge in [0.15, 0.2) is 11.5 Å². The molecule has 260 valence electrons. The Morgan fingerprint density at radius 2 is 1.65 bits per heavy atom. The number of esters is 2. The van der Waals surface area contributed by atoms with Crippen LogP contribution in [-0.2, 0) is 27.2 Å². The summed E-state index contributed by atoms with van der Waals surface area (Å²) in [4.78, 5) is 34.6. The topological polar surface area (TPSA) is 99.2 Å². The van der Waals surface area contributed by atoms with Gasteiger partial charge in [0.1, 0.15) is 17.0 Å². The van der Waals surface area contributed by atoms with Gasteiger partial charge in [-0.15, -0.1) is 11.3 Å². The van der Waals surface area contributed by atoms with Crippen molar-refractivity contribution in [1.29, 1.82) is 0 Å². The predicted octanol–water partition coefficient (Wildman–Crippen LogP) is 7.71. The van der Waals surface area contributed by atoms with Crippen LogP contribution in [0.5, 0.6) is 11.5 Å². The summed E-state index contributed by atoms with van der Waals surface area (Å²) in [6.45, 7) is 4.86. The quantitative estimate of drug-likeness (QED) is 0.131. The van der Waals surface area contributed by atoms with E-state index in [1.807, 2.05) is 42.5 Å². The highest BCUT2D eigenvalue weighted by Gasteiger charge is 2.32. The average Bonchev–Trinajstić information content (AvgIpc) is 3.59. The lowest BCUT2D eigenvalue weighted by molar-refractivity contribution is -0.150. The average molecular weight is 727 g/mol. The fourth-order valence-electron chi connectivity index (χ4n) is 5.69. The third-order valence-corrected chi connectivity index (χ3v) is 10.6. The highest BCUT2D eigenvalue weighted by atomic mass is 35.5. The van der Waals surface area contributed by atoms with Gasteiger partial charge < -0.3 is 23.8 Å². The molecule has 0 bridgehead atoms. The molecule has 1 saturated heterocycles. The molecule has 0 spiro atoms. The number of pyridine rings is 1. The van der Waals surface area contributed by atoms with Gasteiger partial charge in [-0.3, -0.25) is 10.3 Å². The molecule has 2 aromatic heterocycles. The molecule has 3 heterocycles. The fourth-order valence-corrected chi connectivity index (χ4v) is 7.05. The van der Waals surface area contributed by atoms with Gasteiger partial charge in [-0.1, -0.05) is 66.5 Å². The van der Waals surface area contributed by atoms with Gasteiger partial charge in [0.2, 0.25) is 0 Å². The number of thiophene rings is 1. The molecule has 0 radical (unpaired) electrons. The van der Waals surface area contributed by atoms with Gasteiger partial charge >= 0.3 is 11.9 Å². The van der Waals surface area contributed by atoms with Crippen molar-refractivity contribution >= 4 is 46.5 Å². The molecule has 0 saturated carbocycles. The van der Waals surface area contributed by atoms with Crippen molar-refractivity contribution in [3.8, 4) is 11.5 Å². The molecule has 5 rings (SSSR count). The van der Waals surface area contributed by atoms with Crippen LogP contribution < -0.4 is 14.8 Å². The second kappa shape index (κ2) is 16.8. The fraction of sp³-hybridized carbons (Fsp3) is 0.378. The van der Waals surface area contributed by atoms with Crippen LogP contribution in [0.2, 0.25) is 10.0 Å². The molecule has 49 heavy (non-hydrogen) atoms. The van der Waals surface area contributed by atoms with Crippen molar-refractivity contribution < 1.29 is 28.5 Å². The number of nitrogens with zero attached hydrogens (tertiary/aromatic N) is 2. The number of carbonyl (C=O) groups excluding carboxylic acids is 2. The summed E-state index contributed by atoms with van der Waals surface area (Å²) >= 11 is 14.2. The van der Waals surface area contributed by atoms with Crippen LogP contribution in [0.25, 0.3) is 0 Å². The molecule has 1 N–H and O–H groups in total. The SMILES string of the molecule is COc1ccc([C@H](Cc2c(Cl)cncc2Cl)OC(=O)c2ccc(CNC(C(=O)OCC3(C)CCN(C)CC3)c3ccccc3)s2)cc1OC. The van der Waals surface area contributed by atoms with E-state index < -0.39 is 18.1 Å². The lowest BCUT2D eigenvalue weighted by Gasteiger charge is -2.37. The van der Waals surface area contributed by atoms with Gasteiger partial charge in [0, 0.05) is 35.7 Å². The highest BCUT2D eigenvalue weighted by molar-refractivity contribution is 7.13. The normalized spacial score (nSPS) is 15.6. The Hall–Kier alpha value is -3.67. The van der Waals surface area contributed by atoms with E-state index in [1.54, 1.807) is 32.4 Å². The number of nitrogens with one attached hydrogen (secondary N) is 1. The van der Waals surface area contributed by atoms with E-state index in [-0.39, 0.29) is 17.8 Å². The maximum atomic E-state index is 13.6. The Kier molecular flexibility index (Phi) is 12.6. The molecule has 0 aliphatic carbocycles. The number of piperidine rings is 1. The van der Waals surface area contributed by atoms with Gasteiger partial charge in [0.25, 0.3) is 0 Å². The minimum Gasteiger partial charge on any atom is -0.493 e. The first-order valence-corrected chi connectivity index (χ1v) is 17.6. The smallest absolute Gasteiger partial charge is 0.348 e. The maximum Gasteiger partial charge on any atom is 0.348 e. The van der Waals surface area contributed by atoms with E-state index in [0.717, 1.165) is 36.4 Å². The summed E-state index contributed by atoms with van der Waals surface area (Å²) in [7, 11) is 5.21. The molecule has 1 aliphatic heterocycles. The van der Waals surface area contributed by atoms with Crippen LogP contribution in [0, 0.1) is 5.41 Å². The summed E-state index contributed by atoms with van der Waals surface area (Å²) in [6.07, 6.45) is 4.41. The number of benzene rings is 2. The van der Waals surface area contributed by atoms with E-state index in [0.29, 0.717) is 50.7 Å². The molecule has 2 atom stereocenters. The van der Waals surface area contributed by atoms with Gasteiger partial charge in [-0.2, -0.15) is 0 Å². The van der Waals surface area contributed by atoms with Crippen molar-refractivity contribution in [2.45, 2.75) is 44.9 Å². The van der Waals surface area contributed by atoms with Crippen LogP contribution in [0.1, 0.15) is 63.2 Å². The summed E-state index contributed by atoms with van der Waals surface area (Å²) in [5.74, 6) is 0.196. The van der Waals surface area contributed by atoms with Crippen LogP contribution in [0.4, 0.5) is 0 Å². The molecule has 1 unspecified atom stereocenters. The Labute approximate surface area is 301 Å². The van der Waals surface area contributed by atoms with E-state index in [9.17, 15) is 9.59 Å². The summed E-state index contributed by atoms with van der Waals surface area (Å²) in [5, 5.41) is 4.09. The molecule has 0 amide bonds. The zero-order valence-corrected chi connectivity index (χ0v) is 30.4. The summed E-state index contributed by atoms with van der Waals surface area (Å²) < 4.78 is 22.9. The lowest BCUT2D eigenvalue weighted by atomic mass is 9.81. The zero-order chi connectivity index (χ0) is 35.0. The molecule has 9 nitrogen and oxygen atoms in total. The van der Waals surface area contributed by atoms with Crippen LogP contribution >= 0.6 is 34.5 Å². The number of likely N-dealkylation sites (tertiary alicyclic amines) is 1. The molecule has 4 aromatic rings. The first kappa shape index (κ1) is 36.6. The minimum atomic E-state index is -0.753. The first-order valence-electron chi connectivity index (χ1n) is 16.0. The Morgan fingerprint density at radius 3 is 2.33 bits per heavy atom. The Morgan fingerprint density at radius 1 is 0.959 bits per heavy atom. The largest absolute Gasteiger partial charge is 0.493 e. The van der Waals surface area contributed by atoms with Crippen LogP contribution in [0.15, 0.2) is 73.1 Å². The predicted molar refractivity (Wildman–Crippen MR) is 192 cm³/mol. The van der Waals surface area contributed by atoms with Crippen molar-refractivity contribution in [1.82, 2.24) is 15.2 Å². The van der Waals surface area contributed by atoms with Gasteiger partial charge in [-0.05, 0) is 73.9 Å². The number of halogens is 2. The van der Waals surface area contributed by atoms with E-state index in [4.69, 9.17) is 42.1 Å². The monoisotopic (exact) mass is 725 g/mol.